The van der Waals surface area contributed by atoms with Crippen LogP contribution in [0.3, 0.4) is 0 Å². The number of benzene rings is 1. The van der Waals surface area contributed by atoms with E-state index in [0.717, 1.165) is 22.3 Å². The van der Waals surface area contributed by atoms with E-state index in [9.17, 15) is 5.11 Å². The van der Waals surface area contributed by atoms with Crippen molar-refractivity contribution in [3.8, 4) is 5.75 Å². The number of ether oxygens (including phenoxy) is 2. The lowest BCUT2D eigenvalue weighted by molar-refractivity contribution is -0.00444. The first-order valence-corrected chi connectivity index (χ1v) is 8.08. The number of anilines is 1. The third kappa shape index (κ3) is 7.16. The Balaban J connectivity index is 2.39. The molecule has 1 aromatic carbocycles. The highest BCUT2D eigenvalue weighted by Crippen LogP contribution is 2.27. The summed E-state index contributed by atoms with van der Waals surface area (Å²) in [5.41, 5.74) is 0.848. The van der Waals surface area contributed by atoms with Gasteiger partial charge in [-0.05, 0) is 37.5 Å². The van der Waals surface area contributed by atoms with Crippen LogP contribution in [-0.2, 0) is 4.74 Å². The predicted molar refractivity (Wildman–Crippen MR) is 90.1 cm³/mol. The van der Waals surface area contributed by atoms with Crippen molar-refractivity contribution in [2.45, 2.75) is 39.4 Å². The zero-order valence-corrected chi connectivity index (χ0v) is 14.8. The smallest absolute Gasteiger partial charge is 0.142 e. The van der Waals surface area contributed by atoms with E-state index in [-0.39, 0.29) is 6.10 Å². The van der Waals surface area contributed by atoms with Gasteiger partial charge in [-0.3, -0.25) is 0 Å². The minimum absolute atomic E-state index is 0.167. The van der Waals surface area contributed by atoms with E-state index >= 15 is 0 Å². The second-order valence-corrected chi connectivity index (χ2v) is 6.57. The molecule has 5 heteroatoms. The maximum Gasteiger partial charge on any atom is 0.142 e. The van der Waals surface area contributed by atoms with Crippen LogP contribution in [0.2, 0.25) is 0 Å². The Morgan fingerprint density at radius 1 is 1.29 bits per heavy atom. The molecular formula is C16H26BrNO3. The van der Waals surface area contributed by atoms with E-state index in [1.165, 1.54) is 0 Å². The summed E-state index contributed by atoms with van der Waals surface area (Å²) in [5.74, 6) is 1.35. The Kier molecular flexibility index (Phi) is 8.07. The van der Waals surface area contributed by atoms with Gasteiger partial charge in [0.15, 0.2) is 0 Å². The lowest BCUT2D eigenvalue weighted by Gasteiger charge is -2.19. The van der Waals surface area contributed by atoms with Crippen LogP contribution < -0.4 is 10.1 Å². The van der Waals surface area contributed by atoms with Gasteiger partial charge < -0.3 is 19.9 Å². The summed E-state index contributed by atoms with van der Waals surface area (Å²) in [5, 5.41) is 13.2. The molecule has 0 heterocycles. The van der Waals surface area contributed by atoms with Gasteiger partial charge in [-0.1, -0.05) is 29.8 Å². The van der Waals surface area contributed by atoms with Crippen molar-refractivity contribution < 1.29 is 14.6 Å². The van der Waals surface area contributed by atoms with Gasteiger partial charge in [0, 0.05) is 11.0 Å². The molecule has 1 rings (SSSR count). The molecule has 0 fully saturated rings. The van der Waals surface area contributed by atoms with Crippen molar-refractivity contribution in [2.75, 3.05) is 25.6 Å². The lowest BCUT2D eigenvalue weighted by Crippen LogP contribution is -2.27. The summed E-state index contributed by atoms with van der Waals surface area (Å²) in [6, 6.07) is 5.71. The van der Waals surface area contributed by atoms with Gasteiger partial charge in [0.05, 0.1) is 31.6 Å². The standard InChI is InChI=1S/C16H26BrNO3/c1-11(2)7-12(3)21-10-14(19)9-18-15-8-13(17)5-6-16(15)20-4/h5-6,8,11-12,14,18-19H,7,9-10H2,1-4H3. The summed E-state index contributed by atoms with van der Waals surface area (Å²) >= 11 is 3.42. The molecule has 4 nitrogen and oxygen atoms in total. The molecule has 1 aromatic rings. The van der Waals surface area contributed by atoms with Gasteiger partial charge in [-0.2, -0.15) is 0 Å². The number of halogens is 1. The Hall–Kier alpha value is -0.780. The number of aliphatic hydroxyl groups excluding tert-OH is 1. The Morgan fingerprint density at radius 3 is 2.62 bits per heavy atom. The number of hydrogen-bond donors (Lipinski definition) is 2. The lowest BCUT2D eigenvalue weighted by atomic mass is 10.1. The van der Waals surface area contributed by atoms with E-state index < -0.39 is 6.10 Å². The highest BCUT2D eigenvalue weighted by Gasteiger charge is 2.11. The summed E-state index contributed by atoms with van der Waals surface area (Å²) in [6.45, 7) is 7.12. The number of methoxy groups -OCH3 is 1. The van der Waals surface area contributed by atoms with Gasteiger partial charge in [0.1, 0.15) is 5.75 Å². The first-order chi connectivity index (χ1) is 9.92. The third-order valence-electron chi connectivity index (χ3n) is 3.07. The van der Waals surface area contributed by atoms with Crippen molar-refractivity contribution in [1.29, 1.82) is 0 Å². The largest absolute Gasteiger partial charge is 0.495 e. The molecule has 2 N–H and O–H groups in total. The summed E-state index contributed by atoms with van der Waals surface area (Å²) in [4.78, 5) is 0. The number of rotatable bonds is 9. The van der Waals surface area contributed by atoms with Crippen molar-refractivity contribution >= 4 is 21.6 Å². The van der Waals surface area contributed by atoms with E-state index in [4.69, 9.17) is 9.47 Å². The molecule has 0 saturated carbocycles. The Labute approximate surface area is 136 Å². The van der Waals surface area contributed by atoms with E-state index in [2.05, 4.69) is 35.1 Å². The van der Waals surface area contributed by atoms with Crippen LogP contribution in [0.1, 0.15) is 27.2 Å². The summed E-state index contributed by atoms with van der Waals surface area (Å²) in [6.07, 6.45) is 0.614. The van der Waals surface area contributed by atoms with E-state index in [0.29, 0.717) is 19.1 Å². The minimum Gasteiger partial charge on any atom is -0.495 e. The molecule has 21 heavy (non-hydrogen) atoms. The van der Waals surface area contributed by atoms with Crippen molar-refractivity contribution in [3.05, 3.63) is 22.7 Å². The summed E-state index contributed by atoms with van der Waals surface area (Å²) < 4.78 is 11.9. The zero-order chi connectivity index (χ0) is 15.8. The summed E-state index contributed by atoms with van der Waals surface area (Å²) in [7, 11) is 1.63. The second-order valence-electron chi connectivity index (χ2n) is 5.65. The fourth-order valence-corrected chi connectivity index (χ4v) is 2.47. The number of aliphatic hydroxyl groups is 1. The maximum atomic E-state index is 9.99. The van der Waals surface area contributed by atoms with Gasteiger partial charge in [0.25, 0.3) is 0 Å². The second kappa shape index (κ2) is 9.28. The highest BCUT2D eigenvalue weighted by molar-refractivity contribution is 9.10. The van der Waals surface area contributed by atoms with Crippen LogP contribution >= 0.6 is 15.9 Å². The molecule has 0 aliphatic carbocycles. The van der Waals surface area contributed by atoms with Gasteiger partial charge >= 0.3 is 0 Å². The molecule has 0 aromatic heterocycles. The average molecular weight is 360 g/mol. The molecule has 0 spiro atoms. The molecule has 0 amide bonds. The van der Waals surface area contributed by atoms with Crippen LogP contribution in [0.4, 0.5) is 5.69 Å². The van der Waals surface area contributed by atoms with Gasteiger partial charge in [-0.25, -0.2) is 0 Å². The molecule has 0 bridgehead atoms. The molecule has 0 aliphatic rings. The van der Waals surface area contributed by atoms with E-state index in [1.807, 2.05) is 25.1 Å². The van der Waals surface area contributed by atoms with Crippen molar-refractivity contribution in [2.24, 2.45) is 5.92 Å². The third-order valence-corrected chi connectivity index (χ3v) is 3.56. The number of nitrogens with one attached hydrogen (secondary N) is 1. The molecule has 120 valence electrons. The van der Waals surface area contributed by atoms with Gasteiger partial charge in [0.2, 0.25) is 0 Å². The van der Waals surface area contributed by atoms with Crippen LogP contribution in [0.15, 0.2) is 22.7 Å². The maximum absolute atomic E-state index is 9.99. The molecule has 2 atom stereocenters. The zero-order valence-electron chi connectivity index (χ0n) is 13.2. The predicted octanol–water partition coefficient (Wildman–Crippen LogP) is 3.68. The Morgan fingerprint density at radius 2 is 2.00 bits per heavy atom. The molecule has 2 unspecified atom stereocenters. The first-order valence-electron chi connectivity index (χ1n) is 7.29. The van der Waals surface area contributed by atoms with Crippen molar-refractivity contribution in [3.63, 3.8) is 0 Å². The van der Waals surface area contributed by atoms with Crippen LogP contribution in [-0.4, -0.2) is 37.6 Å². The van der Waals surface area contributed by atoms with E-state index in [1.54, 1.807) is 7.11 Å². The van der Waals surface area contributed by atoms with Crippen LogP contribution in [0, 0.1) is 5.92 Å². The monoisotopic (exact) mass is 359 g/mol. The molecular weight excluding hydrogens is 334 g/mol. The normalized spacial score (nSPS) is 14.0. The Bertz CT molecular complexity index is 426. The molecule has 0 aliphatic heterocycles. The highest BCUT2D eigenvalue weighted by atomic mass is 79.9. The number of hydrogen-bond acceptors (Lipinski definition) is 4. The van der Waals surface area contributed by atoms with Crippen LogP contribution in [0.25, 0.3) is 0 Å². The fourth-order valence-electron chi connectivity index (χ4n) is 2.11. The fraction of sp³-hybridized carbons (Fsp3) is 0.625. The molecule has 0 saturated heterocycles. The topological polar surface area (TPSA) is 50.7 Å². The SMILES string of the molecule is COc1ccc(Br)cc1NCC(O)COC(C)CC(C)C. The first kappa shape index (κ1) is 18.3. The minimum atomic E-state index is -0.553. The van der Waals surface area contributed by atoms with Crippen molar-refractivity contribution in [1.82, 2.24) is 0 Å². The average Bonchev–Trinajstić information content (AvgIpc) is 2.42. The quantitative estimate of drug-likeness (QED) is 0.705. The van der Waals surface area contributed by atoms with Crippen LogP contribution in [0.5, 0.6) is 5.75 Å². The molecule has 0 radical (unpaired) electrons. The van der Waals surface area contributed by atoms with Gasteiger partial charge in [-0.15, -0.1) is 0 Å².